The van der Waals surface area contributed by atoms with Crippen LogP contribution in [-0.4, -0.2) is 7.11 Å². The molecule has 106 valence electrons. The highest BCUT2D eigenvalue weighted by Crippen LogP contribution is 2.27. The molecule has 0 atom stereocenters. The van der Waals surface area contributed by atoms with Crippen LogP contribution in [0.2, 0.25) is 0 Å². The zero-order valence-corrected chi connectivity index (χ0v) is 12.5. The number of methoxy groups -OCH3 is 1. The van der Waals surface area contributed by atoms with E-state index in [0.717, 1.165) is 17.7 Å². The van der Waals surface area contributed by atoms with Gasteiger partial charge in [0.05, 0.1) is 7.11 Å². The van der Waals surface area contributed by atoms with E-state index in [1.165, 1.54) is 16.7 Å². The van der Waals surface area contributed by atoms with Gasteiger partial charge in [-0.15, -0.1) is 0 Å². The van der Waals surface area contributed by atoms with Crippen molar-refractivity contribution in [2.75, 3.05) is 7.11 Å². The molecule has 2 heteroatoms. The molecule has 2 N–H and O–H groups in total. The topological polar surface area (TPSA) is 35.2 Å². The van der Waals surface area contributed by atoms with Crippen molar-refractivity contribution in [2.24, 2.45) is 11.7 Å². The summed E-state index contributed by atoms with van der Waals surface area (Å²) in [5.41, 5.74) is 10.7. The van der Waals surface area contributed by atoms with Crippen LogP contribution in [0.15, 0.2) is 42.5 Å². The minimum Gasteiger partial charge on any atom is -0.497 e. The van der Waals surface area contributed by atoms with Crippen LogP contribution in [0.1, 0.15) is 25.0 Å². The quantitative estimate of drug-likeness (QED) is 0.889. The minimum absolute atomic E-state index is 0.514. The van der Waals surface area contributed by atoms with Gasteiger partial charge < -0.3 is 10.5 Å². The fourth-order valence-electron chi connectivity index (χ4n) is 2.44. The smallest absolute Gasteiger partial charge is 0.119 e. The molecule has 0 aliphatic heterocycles. The lowest BCUT2D eigenvalue weighted by molar-refractivity contribution is 0.414. The van der Waals surface area contributed by atoms with Crippen LogP contribution in [0.25, 0.3) is 11.1 Å². The zero-order valence-electron chi connectivity index (χ0n) is 12.5. The van der Waals surface area contributed by atoms with E-state index in [2.05, 4.69) is 44.2 Å². The van der Waals surface area contributed by atoms with E-state index in [1.807, 2.05) is 12.1 Å². The highest BCUT2D eigenvalue weighted by Gasteiger charge is 2.06. The maximum absolute atomic E-state index is 5.85. The van der Waals surface area contributed by atoms with Gasteiger partial charge in [-0.25, -0.2) is 0 Å². The molecule has 0 heterocycles. The predicted molar refractivity (Wildman–Crippen MR) is 84.9 cm³/mol. The summed E-state index contributed by atoms with van der Waals surface area (Å²) in [4.78, 5) is 0. The maximum Gasteiger partial charge on any atom is 0.119 e. The van der Waals surface area contributed by atoms with Crippen molar-refractivity contribution >= 4 is 0 Å². The Morgan fingerprint density at radius 2 is 1.75 bits per heavy atom. The number of hydrogen-bond donors (Lipinski definition) is 1. The molecule has 2 aromatic rings. The third-order valence-electron chi connectivity index (χ3n) is 3.44. The van der Waals surface area contributed by atoms with Gasteiger partial charge in [0.15, 0.2) is 0 Å². The molecular weight excluding hydrogens is 246 g/mol. The summed E-state index contributed by atoms with van der Waals surface area (Å²) >= 11 is 0. The number of rotatable bonds is 5. The molecule has 0 aliphatic rings. The Balaban J connectivity index is 2.31. The van der Waals surface area contributed by atoms with E-state index >= 15 is 0 Å². The van der Waals surface area contributed by atoms with Crippen molar-refractivity contribution in [2.45, 2.75) is 26.8 Å². The summed E-state index contributed by atoms with van der Waals surface area (Å²) in [6, 6.07) is 14.9. The molecule has 2 aromatic carbocycles. The minimum atomic E-state index is 0.514. The van der Waals surface area contributed by atoms with E-state index < -0.39 is 0 Å². The third-order valence-corrected chi connectivity index (χ3v) is 3.44. The zero-order chi connectivity index (χ0) is 14.5. The largest absolute Gasteiger partial charge is 0.497 e. The molecule has 0 aromatic heterocycles. The van der Waals surface area contributed by atoms with Crippen molar-refractivity contribution in [3.8, 4) is 16.9 Å². The van der Waals surface area contributed by atoms with E-state index in [1.54, 1.807) is 7.11 Å². The second-order valence-corrected chi connectivity index (χ2v) is 5.52. The molecule has 20 heavy (non-hydrogen) atoms. The van der Waals surface area contributed by atoms with Gasteiger partial charge in [-0.3, -0.25) is 0 Å². The molecular formula is C18H23NO. The fourth-order valence-corrected chi connectivity index (χ4v) is 2.44. The van der Waals surface area contributed by atoms with Gasteiger partial charge in [-0.05, 0) is 46.7 Å². The first-order valence-corrected chi connectivity index (χ1v) is 7.10. The summed E-state index contributed by atoms with van der Waals surface area (Å²) < 4.78 is 5.25. The lowest BCUT2D eigenvalue weighted by Gasteiger charge is -2.11. The molecule has 2 rings (SSSR count). The third kappa shape index (κ3) is 3.40. The van der Waals surface area contributed by atoms with Crippen LogP contribution in [0.4, 0.5) is 0 Å². The number of nitrogens with two attached hydrogens (primary N) is 1. The van der Waals surface area contributed by atoms with Gasteiger partial charge >= 0.3 is 0 Å². The van der Waals surface area contributed by atoms with Crippen LogP contribution in [-0.2, 0) is 13.0 Å². The molecule has 0 fully saturated rings. The Morgan fingerprint density at radius 1 is 1.05 bits per heavy atom. The number of benzene rings is 2. The average molecular weight is 269 g/mol. The van der Waals surface area contributed by atoms with E-state index in [9.17, 15) is 0 Å². The van der Waals surface area contributed by atoms with Crippen molar-refractivity contribution in [3.05, 3.63) is 53.6 Å². The predicted octanol–water partition coefficient (Wildman–Crippen LogP) is 4.02. The first-order valence-electron chi connectivity index (χ1n) is 7.10. The summed E-state index contributed by atoms with van der Waals surface area (Å²) in [5.74, 6) is 1.53. The van der Waals surface area contributed by atoms with E-state index in [0.29, 0.717) is 12.5 Å². The van der Waals surface area contributed by atoms with Gasteiger partial charge in [0.1, 0.15) is 5.75 Å². The molecule has 0 radical (unpaired) electrons. The van der Waals surface area contributed by atoms with Gasteiger partial charge in [0.25, 0.3) is 0 Å². The molecule has 0 bridgehead atoms. The normalized spacial score (nSPS) is 10.8. The lowest BCUT2D eigenvalue weighted by atomic mass is 9.96. The second-order valence-electron chi connectivity index (χ2n) is 5.52. The monoisotopic (exact) mass is 269 g/mol. The van der Waals surface area contributed by atoms with Crippen molar-refractivity contribution in [1.29, 1.82) is 0 Å². The summed E-state index contributed by atoms with van der Waals surface area (Å²) in [6.45, 7) is 4.99. The molecule has 2 nitrogen and oxygen atoms in total. The van der Waals surface area contributed by atoms with E-state index in [-0.39, 0.29) is 0 Å². The molecule has 0 saturated carbocycles. The van der Waals surface area contributed by atoms with Gasteiger partial charge in [0, 0.05) is 6.54 Å². The molecule has 0 unspecified atom stereocenters. The Hall–Kier alpha value is -1.80. The Labute approximate surface area is 121 Å². The van der Waals surface area contributed by atoms with Crippen molar-refractivity contribution < 1.29 is 4.74 Å². The van der Waals surface area contributed by atoms with Crippen molar-refractivity contribution in [3.63, 3.8) is 0 Å². The fraction of sp³-hybridized carbons (Fsp3) is 0.333. The van der Waals surface area contributed by atoms with Gasteiger partial charge in [-0.1, -0.05) is 44.2 Å². The molecule has 0 saturated heterocycles. The molecule has 0 spiro atoms. The van der Waals surface area contributed by atoms with Gasteiger partial charge in [-0.2, -0.15) is 0 Å². The maximum atomic E-state index is 5.85. The second kappa shape index (κ2) is 6.58. The summed E-state index contributed by atoms with van der Waals surface area (Å²) in [5, 5.41) is 0. The van der Waals surface area contributed by atoms with Crippen LogP contribution < -0.4 is 10.5 Å². The summed E-state index contributed by atoms with van der Waals surface area (Å²) in [7, 11) is 1.68. The van der Waals surface area contributed by atoms with Crippen LogP contribution >= 0.6 is 0 Å². The first kappa shape index (κ1) is 14.6. The SMILES string of the molecule is COc1ccc(-c2ccc(CC(C)C)cc2)c(CN)c1. The standard InChI is InChI=1S/C18H23NO/c1-13(2)10-14-4-6-15(7-5-14)18-9-8-17(20-3)11-16(18)12-19/h4-9,11,13H,10,12,19H2,1-3H3. The average Bonchev–Trinajstić information content (AvgIpc) is 2.47. The van der Waals surface area contributed by atoms with Gasteiger partial charge in [0.2, 0.25) is 0 Å². The Morgan fingerprint density at radius 3 is 2.30 bits per heavy atom. The molecule has 0 aliphatic carbocycles. The molecule has 0 amide bonds. The Kier molecular flexibility index (Phi) is 4.80. The van der Waals surface area contributed by atoms with Crippen molar-refractivity contribution in [1.82, 2.24) is 0 Å². The summed E-state index contributed by atoms with van der Waals surface area (Å²) in [6.07, 6.45) is 1.12. The highest BCUT2D eigenvalue weighted by molar-refractivity contribution is 5.68. The number of hydrogen-bond acceptors (Lipinski definition) is 2. The van der Waals surface area contributed by atoms with E-state index in [4.69, 9.17) is 10.5 Å². The number of ether oxygens (including phenoxy) is 1. The van der Waals surface area contributed by atoms with Crippen LogP contribution in [0.5, 0.6) is 5.75 Å². The first-order chi connectivity index (χ1) is 9.63. The lowest BCUT2D eigenvalue weighted by Crippen LogP contribution is -2.00. The Bertz CT molecular complexity index is 558. The highest BCUT2D eigenvalue weighted by atomic mass is 16.5. The van der Waals surface area contributed by atoms with Crippen LogP contribution in [0.3, 0.4) is 0 Å². The van der Waals surface area contributed by atoms with Crippen LogP contribution in [0, 0.1) is 5.92 Å².